The Labute approximate surface area is 172 Å². The Morgan fingerprint density at radius 1 is 1.29 bits per heavy atom. The van der Waals surface area contributed by atoms with Crippen LogP contribution in [-0.2, 0) is 28.6 Å². The Hall–Kier alpha value is -2.30. The molecule has 2 aromatic rings. The number of thiazole rings is 1. The number of hydrogen-bond acceptors (Lipinski definition) is 10. The first-order chi connectivity index (χ1) is 13.3. The average molecular weight is 444 g/mol. The fourth-order valence-corrected chi connectivity index (χ4v) is 4.82. The highest BCUT2D eigenvalue weighted by molar-refractivity contribution is 8.05. The summed E-state index contributed by atoms with van der Waals surface area (Å²) < 4.78 is 16.0. The van der Waals surface area contributed by atoms with Crippen LogP contribution in [-0.4, -0.2) is 46.8 Å². The van der Waals surface area contributed by atoms with Crippen LogP contribution in [0.4, 0.5) is 0 Å². The van der Waals surface area contributed by atoms with E-state index in [0.29, 0.717) is 14.9 Å². The van der Waals surface area contributed by atoms with Crippen molar-refractivity contribution in [1.82, 2.24) is 4.98 Å². The normalized spacial score (nSPS) is 15.6. The van der Waals surface area contributed by atoms with Crippen LogP contribution in [0.1, 0.15) is 13.8 Å². The third-order valence-corrected chi connectivity index (χ3v) is 6.14. The Morgan fingerprint density at radius 2 is 1.93 bits per heavy atom. The lowest BCUT2D eigenvalue weighted by molar-refractivity contribution is -0.186. The van der Waals surface area contributed by atoms with Crippen molar-refractivity contribution < 1.29 is 33.7 Å². The van der Waals surface area contributed by atoms with Crippen LogP contribution < -0.4 is 0 Å². The van der Waals surface area contributed by atoms with E-state index in [1.807, 2.05) is 0 Å². The van der Waals surface area contributed by atoms with Crippen molar-refractivity contribution >= 4 is 62.8 Å². The summed E-state index contributed by atoms with van der Waals surface area (Å²) in [6.45, 7) is 2.91. The Balaban J connectivity index is 2.08. The predicted octanol–water partition coefficient (Wildman–Crippen LogP) is 3.23. The van der Waals surface area contributed by atoms with Crippen LogP contribution in [0.2, 0.25) is 5.02 Å². The molecule has 0 unspecified atom stereocenters. The van der Waals surface area contributed by atoms with Crippen LogP contribution in [0.3, 0.4) is 0 Å². The van der Waals surface area contributed by atoms with Gasteiger partial charge in [-0.2, -0.15) is 0 Å². The van der Waals surface area contributed by atoms with Gasteiger partial charge < -0.3 is 19.3 Å². The van der Waals surface area contributed by atoms with E-state index in [9.17, 15) is 19.5 Å². The minimum Gasteiger partial charge on any atom is -0.501 e. The largest absolute Gasteiger partial charge is 0.501 e. The van der Waals surface area contributed by atoms with E-state index in [-0.39, 0.29) is 18.1 Å². The van der Waals surface area contributed by atoms with Crippen LogP contribution in [0.5, 0.6) is 0 Å². The highest BCUT2D eigenvalue weighted by atomic mass is 35.5. The second-order valence-corrected chi connectivity index (χ2v) is 8.11. The molecule has 0 atom stereocenters. The summed E-state index contributed by atoms with van der Waals surface area (Å²) in [5.74, 6) is -4.41. The topological polar surface area (TPSA) is 112 Å². The van der Waals surface area contributed by atoms with E-state index >= 15 is 0 Å². The molecule has 1 aromatic carbocycles. The van der Waals surface area contributed by atoms with Crippen molar-refractivity contribution in [3.63, 3.8) is 0 Å². The summed E-state index contributed by atoms with van der Waals surface area (Å²) >= 11 is 7.94. The highest BCUT2D eigenvalue weighted by Crippen LogP contribution is 2.46. The molecule has 0 saturated carbocycles. The average Bonchev–Trinajstić information content (AvgIpc) is 3.16. The molecule has 0 bridgehead atoms. The van der Waals surface area contributed by atoms with Gasteiger partial charge in [-0.25, -0.2) is 19.4 Å². The second kappa shape index (κ2) is 7.98. The molecule has 1 aliphatic rings. The number of rotatable bonds is 6. The maximum Gasteiger partial charge on any atom is 0.376 e. The quantitative estimate of drug-likeness (QED) is 0.408. The van der Waals surface area contributed by atoms with Gasteiger partial charge in [-0.15, -0.1) is 11.3 Å². The molecular formula is C17H14ClNO7S2. The Kier molecular flexibility index (Phi) is 5.82. The zero-order valence-corrected chi connectivity index (χ0v) is 17.1. The van der Waals surface area contributed by atoms with Gasteiger partial charge in [0.05, 0.1) is 23.4 Å². The molecule has 1 aliphatic heterocycles. The molecule has 11 heteroatoms. The predicted molar refractivity (Wildman–Crippen MR) is 102 cm³/mol. The molecule has 0 radical (unpaired) electrons. The van der Waals surface area contributed by atoms with Crippen molar-refractivity contribution in [3.8, 4) is 0 Å². The van der Waals surface area contributed by atoms with Crippen LogP contribution in [0.25, 0.3) is 10.2 Å². The highest BCUT2D eigenvalue weighted by Gasteiger charge is 2.63. The molecule has 1 aromatic heterocycles. The zero-order valence-electron chi connectivity index (χ0n) is 14.7. The number of carbonyl (C=O) groups excluding carboxylic acids is 3. The third-order valence-electron chi connectivity index (χ3n) is 3.62. The number of fused-ring (bicyclic) bond motifs is 1. The molecule has 28 heavy (non-hydrogen) atoms. The standard InChI is InChI=1S/C17H14ClNO7S2/c1-3-24-14(22)17(15(23)25-4-2)12(11(20)13(21)26-17)28-16-19-9-7-8(18)5-6-10(9)27-16/h5-7,20H,3-4H2,1-2H3. The molecule has 2 heterocycles. The maximum atomic E-state index is 12.6. The summed E-state index contributed by atoms with van der Waals surface area (Å²) in [5.41, 5.74) is -1.95. The van der Waals surface area contributed by atoms with Gasteiger partial charge in [0.15, 0.2) is 4.34 Å². The molecule has 3 rings (SSSR count). The number of aliphatic hydroxyl groups is 1. The van der Waals surface area contributed by atoms with E-state index in [1.54, 1.807) is 18.2 Å². The molecular weight excluding hydrogens is 430 g/mol. The van der Waals surface area contributed by atoms with E-state index in [2.05, 4.69) is 4.98 Å². The smallest absolute Gasteiger partial charge is 0.376 e. The van der Waals surface area contributed by atoms with Gasteiger partial charge in [-0.05, 0) is 32.0 Å². The van der Waals surface area contributed by atoms with Gasteiger partial charge in [-0.1, -0.05) is 23.4 Å². The summed E-state index contributed by atoms with van der Waals surface area (Å²) in [6.07, 6.45) is 0. The lowest BCUT2D eigenvalue weighted by atomic mass is 10.0. The Morgan fingerprint density at radius 3 is 2.54 bits per heavy atom. The van der Waals surface area contributed by atoms with Crippen molar-refractivity contribution in [2.75, 3.05) is 13.2 Å². The van der Waals surface area contributed by atoms with Crippen LogP contribution in [0, 0.1) is 0 Å². The summed E-state index contributed by atoms with van der Waals surface area (Å²) in [6, 6.07) is 5.09. The number of thioether (sulfide) groups is 1. The number of carbonyl (C=O) groups is 3. The molecule has 0 spiro atoms. The van der Waals surface area contributed by atoms with E-state index in [1.165, 1.54) is 25.2 Å². The number of cyclic esters (lactones) is 1. The second-order valence-electron chi connectivity index (χ2n) is 5.38. The van der Waals surface area contributed by atoms with Crippen LogP contribution >= 0.6 is 34.7 Å². The lowest BCUT2D eigenvalue weighted by Crippen LogP contribution is -2.50. The number of esters is 3. The van der Waals surface area contributed by atoms with E-state index in [0.717, 1.165) is 16.5 Å². The summed E-state index contributed by atoms with van der Waals surface area (Å²) in [5, 5.41) is 10.7. The summed E-state index contributed by atoms with van der Waals surface area (Å²) in [7, 11) is 0. The molecule has 0 aliphatic carbocycles. The fraction of sp³-hybridized carbons (Fsp3) is 0.294. The van der Waals surface area contributed by atoms with Gasteiger partial charge in [0, 0.05) is 5.02 Å². The SMILES string of the molecule is CCOC(=O)C1(C(=O)OCC)OC(=O)C(O)=C1Sc1nc2cc(Cl)ccc2s1. The number of benzene rings is 1. The third kappa shape index (κ3) is 3.43. The van der Waals surface area contributed by atoms with Crippen molar-refractivity contribution in [2.45, 2.75) is 23.8 Å². The number of aromatic nitrogens is 1. The van der Waals surface area contributed by atoms with Crippen molar-refractivity contribution in [2.24, 2.45) is 0 Å². The van der Waals surface area contributed by atoms with Crippen molar-refractivity contribution in [3.05, 3.63) is 33.9 Å². The van der Waals surface area contributed by atoms with Gasteiger partial charge >= 0.3 is 23.5 Å². The fourth-order valence-electron chi connectivity index (χ4n) is 2.44. The molecule has 0 saturated heterocycles. The number of aliphatic hydroxyl groups excluding tert-OH is 1. The van der Waals surface area contributed by atoms with Crippen molar-refractivity contribution in [1.29, 1.82) is 0 Å². The van der Waals surface area contributed by atoms with Gasteiger partial charge in [0.2, 0.25) is 5.76 Å². The molecule has 0 amide bonds. The lowest BCUT2D eigenvalue weighted by Gasteiger charge is -2.24. The molecule has 0 fully saturated rings. The first-order valence-electron chi connectivity index (χ1n) is 8.08. The zero-order chi connectivity index (χ0) is 20.5. The minimum absolute atomic E-state index is 0.0735. The number of ether oxygens (including phenoxy) is 3. The van der Waals surface area contributed by atoms with E-state index < -0.39 is 29.3 Å². The minimum atomic E-state index is -2.53. The summed E-state index contributed by atoms with van der Waals surface area (Å²) in [4.78, 5) is 41.2. The Bertz CT molecular complexity index is 983. The van der Waals surface area contributed by atoms with Gasteiger partial charge in [-0.3, -0.25) is 0 Å². The monoisotopic (exact) mass is 443 g/mol. The molecule has 8 nitrogen and oxygen atoms in total. The molecule has 148 valence electrons. The number of hydrogen-bond donors (Lipinski definition) is 1. The number of nitrogens with zero attached hydrogens (tertiary/aromatic N) is 1. The first kappa shape index (κ1) is 20.4. The number of halogens is 1. The van der Waals surface area contributed by atoms with Gasteiger partial charge in [0.25, 0.3) is 0 Å². The van der Waals surface area contributed by atoms with Crippen LogP contribution in [0.15, 0.2) is 33.2 Å². The first-order valence-corrected chi connectivity index (χ1v) is 10.1. The van der Waals surface area contributed by atoms with Gasteiger partial charge in [0.1, 0.15) is 4.91 Å². The molecule has 1 N–H and O–H groups in total. The van der Waals surface area contributed by atoms with E-state index in [4.69, 9.17) is 25.8 Å². The maximum absolute atomic E-state index is 12.6.